The Morgan fingerprint density at radius 1 is 1.13 bits per heavy atom. The number of carbonyl (C=O) groups is 1. The number of phenolic OH excluding ortho intramolecular Hbond substituents is 1. The van der Waals surface area contributed by atoms with Crippen LogP contribution >= 0.6 is 0 Å². The zero-order valence-corrected chi connectivity index (χ0v) is 15.5. The van der Waals surface area contributed by atoms with E-state index in [0.717, 1.165) is 12.8 Å². The van der Waals surface area contributed by atoms with Crippen LogP contribution in [0.15, 0.2) is 41.6 Å². The number of benzene rings is 2. The summed E-state index contributed by atoms with van der Waals surface area (Å²) in [5, 5.41) is 14.8. The monoisotopic (exact) mass is 428 g/mol. The molecule has 3 rings (SSSR count). The van der Waals surface area contributed by atoms with Gasteiger partial charge >= 0.3 is 6.18 Å². The molecule has 160 valence electrons. The van der Waals surface area contributed by atoms with Gasteiger partial charge in [0, 0.05) is 0 Å². The third-order valence-corrected chi connectivity index (χ3v) is 4.36. The lowest BCUT2D eigenvalue weighted by atomic mass is 10.0. The first-order valence-corrected chi connectivity index (χ1v) is 8.98. The highest BCUT2D eigenvalue weighted by Gasteiger charge is 2.38. The maximum absolute atomic E-state index is 14.4. The van der Waals surface area contributed by atoms with Crippen LogP contribution in [0.2, 0.25) is 0 Å². The molecule has 0 aromatic heterocycles. The van der Waals surface area contributed by atoms with Crippen molar-refractivity contribution >= 4 is 11.7 Å². The predicted molar refractivity (Wildman–Crippen MR) is 96.5 cm³/mol. The van der Waals surface area contributed by atoms with Gasteiger partial charge in [0.2, 0.25) is 5.91 Å². The minimum atomic E-state index is -5.02. The number of amidine groups is 1. The Labute approximate surface area is 168 Å². The molecule has 5 nitrogen and oxygen atoms in total. The van der Waals surface area contributed by atoms with Crippen LogP contribution in [0.4, 0.5) is 22.0 Å². The van der Waals surface area contributed by atoms with E-state index in [1.165, 1.54) is 24.3 Å². The maximum Gasteiger partial charge on any atom is 0.417 e. The molecule has 1 fully saturated rings. The number of hydrogen-bond acceptors (Lipinski definition) is 4. The van der Waals surface area contributed by atoms with Crippen LogP contribution in [0.1, 0.15) is 29.5 Å². The largest absolute Gasteiger partial charge is 0.508 e. The van der Waals surface area contributed by atoms with Gasteiger partial charge in [-0.3, -0.25) is 4.79 Å². The van der Waals surface area contributed by atoms with Crippen molar-refractivity contribution in [1.82, 2.24) is 5.32 Å². The molecule has 0 bridgehead atoms. The highest BCUT2D eigenvalue weighted by atomic mass is 19.4. The second kappa shape index (κ2) is 8.68. The van der Waals surface area contributed by atoms with E-state index in [4.69, 9.17) is 4.84 Å². The lowest BCUT2D eigenvalue weighted by Gasteiger charge is -2.16. The third-order valence-electron chi connectivity index (χ3n) is 4.36. The summed E-state index contributed by atoms with van der Waals surface area (Å²) in [5.74, 6) is -4.88. The van der Waals surface area contributed by atoms with Crippen molar-refractivity contribution in [2.75, 3.05) is 6.61 Å². The number of oxime groups is 1. The number of phenols is 1. The summed E-state index contributed by atoms with van der Waals surface area (Å²) in [4.78, 5) is 17.3. The van der Waals surface area contributed by atoms with E-state index < -0.39 is 40.7 Å². The summed E-state index contributed by atoms with van der Waals surface area (Å²) < 4.78 is 68.2. The zero-order chi connectivity index (χ0) is 21.9. The van der Waals surface area contributed by atoms with Crippen molar-refractivity contribution < 1.29 is 36.7 Å². The molecule has 10 heteroatoms. The number of carbonyl (C=O) groups excluding carboxylic acids is 1. The molecule has 1 amide bonds. The second-order valence-corrected chi connectivity index (χ2v) is 6.85. The normalized spacial score (nSPS) is 14.5. The molecule has 0 unspecified atom stereocenters. The first-order chi connectivity index (χ1) is 14.1. The summed E-state index contributed by atoms with van der Waals surface area (Å²) in [7, 11) is 0. The minimum Gasteiger partial charge on any atom is -0.508 e. The molecular weight excluding hydrogens is 411 g/mol. The summed E-state index contributed by atoms with van der Waals surface area (Å²) in [6, 6.07) is 6.23. The number of rotatable bonds is 6. The van der Waals surface area contributed by atoms with E-state index >= 15 is 0 Å². The first-order valence-electron chi connectivity index (χ1n) is 8.98. The molecule has 0 radical (unpaired) electrons. The summed E-state index contributed by atoms with van der Waals surface area (Å²) >= 11 is 0. The lowest BCUT2D eigenvalue weighted by Crippen LogP contribution is -2.35. The molecule has 2 aromatic carbocycles. The van der Waals surface area contributed by atoms with Crippen LogP contribution in [0.5, 0.6) is 5.75 Å². The summed E-state index contributed by atoms with van der Waals surface area (Å²) in [6.07, 6.45) is -3.61. The van der Waals surface area contributed by atoms with E-state index in [2.05, 4.69) is 10.5 Å². The van der Waals surface area contributed by atoms with Crippen molar-refractivity contribution in [3.05, 3.63) is 64.7 Å². The van der Waals surface area contributed by atoms with Gasteiger partial charge in [0.25, 0.3) is 0 Å². The number of nitrogens with zero attached hydrogens (tertiary/aromatic N) is 1. The number of amides is 1. The summed E-state index contributed by atoms with van der Waals surface area (Å²) in [6.45, 7) is 0.0790. The van der Waals surface area contributed by atoms with Gasteiger partial charge in [-0.25, -0.2) is 8.78 Å². The van der Waals surface area contributed by atoms with Gasteiger partial charge in [-0.05, 0) is 48.6 Å². The van der Waals surface area contributed by atoms with Gasteiger partial charge in [0.15, 0.2) is 17.5 Å². The molecule has 1 saturated carbocycles. The predicted octanol–water partition coefficient (Wildman–Crippen LogP) is 4.14. The van der Waals surface area contributed by atoms with Gasteiger partial charge in [-0.1, -0.05) is 17.3 Å². The van der Waals surface area contributed by atoms with Gasteiger partial charge < -0.3 is 15.3 Å². The van der Waals surface area contributed by atoms with Crippen LogP contribution < -0.4 is 5.32 Å². The fourth-order valence-corrected chi connectivity index (χ4v) is 2.62. The fraction of sp³-hybridized carbons (Fsp3) is 0.300. The van der Waals surface area contributed by atoms with Gasteiger partial charge in [0.1, 0.15) is 12.4 Å². The number of aromatic hydroxyl groups is 1. The molecule has 2 N–H and O–H groups in total. The Balaban J connectivity index is 1.91. The molecule has 2 aromatic rings. The lowest BCUT2D eigenvalue weighted by molar-refractivity contribution is -0.138. The molecule has 0 atom stereocenters. The average molecular weight is 428 g/mol. The Bertz CT molecular complexity index is 954. The van der Waals surface area contributed by atoms with Crippen molar-refractivity contribution in [1.29, 1.82) is 0 Å². The van der Waals surface area contributed by atoms with E-state index in [-0.39, 0.29) is 24.7 Å². The highest BCUT2D eigenvalue weighted by Crippen LogP contribution is 2.34. The molecule has 0 aliphatic heterocycles. The number of nitrogens with one attached hydrogen (secondary N) is 1. The SMILES string of the molecule is O=C(Cc1ccc(O)cc1)N/C(=N\OCC1CC1)c1c(C(F)(F)F)ccc(F)c1F. The Kier molecular flexibility index (Phi) is 6.23. The van der Waals surface area contributed by atoms with Crippen LogP contribution in [0.25, 0.3) is 0 Å². The van der Waals surface area contributed by atoms with Crippen LogP contribution in [0.3, 0.4) is 0 Å². The van der Waals surface area contributed by atoms with E-state index in [1.54, 1.807) is 0 Å². The molecule has 30 heavy (non-hydrogen) atoms. The molecule has 1 aliphatic carbocycles. The quantitative estimate of drug-likeness (QED) is 0.315. The Morgan fingerprint density at radius 2 is 1.80 bits per heavy atom. The Morgan fingerprint density at radius 3 is 2.40 bits per heavy atom. The Hall–Kier alpha value is -3.17. The van der Waals surface area contributed by atoms with E-state index in [1.807, 2.05) is 0 Å². The van der Waals surface area contributed by atoms with Crippen LogP contribution in [-0.2, 0) is 22.2 Å². The third kappa shape index (κ3) is 5.46. The second-order valence-electron chi connectivity index (χ2n) is 6.85. The topological polar surface area (TPSA) is 70.9 Å². The van der Waals surface area contributed by atoms with Crippen LogP contribution in [-0.4, -0.2) is 23.5 Å². The minimum absolute atomic E-state index is 0.0356. The molecule has 0 heterocycles. The maximum atomic E-state index is 14.4. The van der Waals surface area contributed by atoms with Crippen molar-refractivity contribution in [2.45, 2.75) is 25.4 Å². The van der Waals surface area contributed by atoms with Gasteiger partial charge in [-0.15, -0.1) is 0 Å². The zero-order valence-electron chi connectivity index (χ0n) is 15.5. The van der Waals surface area contributed by atoms with Crippen molar-refractivity contribution in [3.63, 3.8) is 0 Å². The number of alkyl halides is 3. The average Bonchev–Trinajstić information content (AvgIpc) is 3.48. The van der Waals surface area contributed by atoms with Crippen molar-refractivity contribution in [2.24, 2.45) is 11.1 Å². The fourth-order valence-electron chi connectivity index (χ4n) is 2.62. The smallest absolute Gasteiger partial charge is 0.417 e. The summed E-state index contributed by atoms with van der Waals surface area (Å²) in [5.41, 5.74) is -2.31. The van der Waals surface area contributed by atoms with Gasteiger partial charge in [-0.2, -0.15) is 13.2 Å². The van der Waals surface area contributed by atoms with E-state index in [0.29, 0.717) is 17.7 Å². The standard InChI is InChI=1S/C20H17F5N2O3/c21-15-8-7-14(20(23,24)25)17(18(15)22)19(27-30-10-12-1-2-12)26-16(29)9-11-3-5-13(28)6-4-11/h3-8,12,28H,1-2,9-10H2,(H,26,27,29). The van der Waals surface area contributed by atoms with Crippen LogP contribution in [0, 0.1) is 17.6 Å². The number of halogens is 5. The molecule has 0 saturated heterocycles. The number of hydrogen-bond donors (Lipinski definition) is 2. The highest BCUT2D eigenvalue weighted by molar-refractivity contribution is 6.09. The first kappa shape index (κ1) is 21.5. The molecule has 0 spiro atoms. The van der Waals surface area contributed by atoms with E-state index in [9.17, 15) is 31.9 Å². The molecule has 1 aliphatic rings. The molecular formula is C20H17F5N2O3. The van der Waals surface area contributed by atoms with Gasteiger partial charge in [0.05, 0.1) is 17.5 Å². The van der Waals surface area contributed by atoms with Crippen molar-refractivity contribution in [3.8, 4) is 5.75 Å².